The fraction of sp³-hybridized carbons (Fsp3) is 0.625. The molecule has 2 aromatic rings. The van der Waals surface area contributed by atoms with E-state index in [2.05, 4.69) is 20.0 Å². The molecular formula is C16H23N5O. The molecule has 2 fully saturated rings. The molecule has 2 saturated carbocycles. The van der Waals surface area contributed by atoms with Crippen LogP contribution in [-0.2, 0) is 7.05 Å². The predicted octanol–water partition coefficient (Wildman–Crippen LogP) is 1.34. The van der Waals surface area contributed by atoms with Gasteiger partial charge in [0.2, 0.25) is 0 Å². The van der Waals surface area contributed by atoms with Crippen molar-refractivity contribution in [3.63, 3.8) is 0 Å². The first-order chi connectivity index (χ1) is 10.6. The summed E-state index contributed by atoms with van der Waals surface area (Å²) in [4.78, 5) is 4.53. The molecule has 1 unspecified atom stereocenters. The number of aromatic nitrogens is 4. The molecule has 0 aromatic carbocycles. The Kier molecular flexibility index (Phi) is 3.31. The van der Waals surface area contributed by atoms with Gasteiger partial charge >= 0.3 is 0 Å². The van der Waals surface area contributed by atoms with Gasteiger partial charge < -0.3 is 15.0 Å². The van der Waals surface area contributed by atoms with Gasteiger partial charge in [-0.05, 0) is 37.7 Å². The molecule has 4 rings (SSSR count). The second-order valence-electron chi connectivity index (χ2n) is 6.78. The average Bonchev–Trinajstić information content (AvgIpc) is 3.10. The third kappa shape index (κ3) is 2.36. The van der Waals surface area contributed by atoms with Crippen LogP contribution in [-0.4, -0.2) is 36.6 Å². The summed E-state index contributed by atoms with van der Waals surface area (Å²) in [5.41, 5.74) is 1.13. The fourth-order valence-electron chi connectivity index (χ4n) is 3.49. The summed E-state index contributed by atoms with van der Waals surface area (Å²) in [6.45, 7) is 2.03. The highest BCUT2D eigenvalue weighted by Crippen LogP contribution is 2.43. The van der Waals surface area contributed by atoms with Gasteiger partial charge in [0, 0.05) is 31.7 Å². The third-order valence-electron chi connectivity index (χ3n) is 4.96. The van der Waals surface area contributed by atoms with E-state index in [1.807, 2.05) is 43.4 Å². The molecule has 2 aromatic heterocycles. The van der Waals surface area contributed by atoms with Gasteiger partial charge in [-0.25, -0.2) is 4.98 Å². The van der Waals surface area contributed by atoms with Crippen LogP contribution in [0.25, 0.3) is 0 Å². The quantitative estimate of drug-likeness (QED) is 0.874. The molecule has 0 amide bonds. The van der Waals surface area contributed by atoms with Crippen molar-refractivity contribution in [2.75, 3.05) is 0 Å². The van der Waals surface area contributed by atoms with Gasteiger partial charge in [0.1, 0.15) is 5.82 Å². The van der Waals surface area contributed by atoms with Crippen molar-refractivity contribution >= 4 is 0 Å². The minimum atomic E-state index is -0.321. The second-order valence-corrected chi connectivity index (χ2v) is 6.78. The van der Waals surface area contributed by atoms with E-state index in [4.69, 9.17) is 0 Å². The molecule has 0 bridgehead atoms. The second kappa shape index (κ2) is 5.21. The standard InChI is InChI=1S/C16H23N5O/c1-10-8-18-21(9-10)15-12(7-13(15)22)19-14(11-3-4-11)16-17-5-6-20(16)2/h5-6,8-9,11-15,19,22H,3-4,7H2,1-2H3/t12-,13+,14?,15+/m0/s1. The van der Waals surface area contributed by atoms with Crippen LogP contribution in [0.15, 0.2) is 24.8 Å². The third-order valence-corrected chi connectivity index (χ3v) is 4.96. The van der Waals surface area contributed by atoms with Gasteiger partial charge in [-0.3, -0.25) is 4.68 Å². The zero-order valence-corrected chi connectivity index (χ0v) is 13.1. The maximum absolute atomic E-state index is 10.2. The number of nitrogens with one attached hydrogen (secondary N) is 1. The van der Waals surface area contributed by atoms with E-state index in [9.17, 15) is 5.11 Å². The first-order valence-corrected chi connectivity index (χ1v) is 8.05. The molecule has 0 aliphatic heterocycles. The molecular weight excluding hydrogens is 278 g/mol. The monoisotopic (exact) mass is 301 g/mol. The molecule has 0 saturated heterocycles. The molecule has 6 heteroatoms. The van der Waals surface area contributed by atoms with Crippen LogP contribution in [0, 0.1) is 12.8 Å². The van der Waals surface area contributed by atoms with Crippen LogP contribution in [0.1, 0.15) is 42.7 Å². The topological polar surface area (TPSA) is 67.9 Å². The molecule has 4 atom stereocenters. The minimum Gasteiger partial charge on any atom is -0.391 e. The molecule has 2 aliphatic rings. The molecule has 0 radical (unpaired) electrons. The number of hydrogen-bond donors (Lipinski definition) is 2. The minimum absolute atomic E-state index is 0.0234. The van der Waals surface area contributed by atoms with Crippen molar-refractivity contribution in [1.82, 2.24) is 24.6 Å². The van der Waals surface area contributed by atoms with E-state index in [1.54, 1.807) is 0 Å². The van der Waals surface area contributed by atoms with Gasteiger partial charge in [-0.2, -0.15) is 5.10 Å². The fourth-order valence-corrected chi connectivity index (χ4v) is 3.49. The normalized spacial score (nSPS) is 29.3. The largest absolute Gasteiger partial charge is 0.391 e. The number of imidazole rings is 1. The maximum atomic E-state index is 10.2. The Labute approximate surface area is 130 Å². The van der Waals surface area contributed by atoms with Gasteiger partial charge in [0.05, 0.1) is 24.4 Å². The van der Waals surface area contributed by atoms with Crippen LogP contribution in [0.3, 0.4) is 0 Å². The molecule has 6 nitrogen and oxygen atoms in total. The summed E-state index contributed by atoms with van der Waals surface area (Å²) in [6.07, 6.45) is 10.7. The van der Waals surface area contributed by atoms with E-state index in [1.165, 1.54) is 12.8 Å². The van der Waals surface area contributed by atoms with Crippen LogP contribution >= 0.6 is 0 Å². The highest BCUT2D eigenvalue weighted by molar-refractivity contribution is 5.10. The Morgan fingerprint density at radius 1 is 1.41 bits per heavy atom. The number of aliphatic hydroxyl groups is 1. The van der Waals surface area contributed by atoms with E-state index in [0.29, 0.717) is 5.92 Å². The molecule has 2 N–H and O–H groups in total. The number of rotatable bonds is 5. The van der Waals surface area contributed by atoms with Gasteiger partial charge in [-0.15, -0.1) is 0 Å². The maximum Gasteiger partial charge on any atom is 0.125 e. The zero-order valence-electron chi connectivity index (χ0n) is 13.1. The Morgan fingerprint density at radius 3 is 2.77 bits per heavy atom. The average molecular weight is 301 g/mol. The highest BCUT2D eigenvalue weighted by Gasteiger charge is 2.45. The number of nitrogens with zero attached hydrogens (tertiary/aromatic N) is 4. The summed E-state index contributed by atoms with van der Waals surface area (Å²) in [5, 5.41) is 18.3. The van der Waals surface area contributed by atoms with Crippen LogP contribution in [0.4, 0.5) is 0 Å². The van der Waals surface area contributed by atoms with Crippen molar-refractivity contribution in [2.24, 2.45) is 13.0 Å². The predicted molar refractivity (Wildman–Crippen MR) is 82.2 cm³/mol. The SMILES string of the molecule is Cc1cnn([C@H]2[C@H](O)C[C@@H]2NC(c2nccn2C)C2CC2)c1. The Hall–Kier alpha value is -1.66. The number of hydrogen-bond acceptors (Lipinski definition) is 4. The van der Waals surface area contributed by atoms with Crippen LogP contribution < -0.4 is 5.32 Å². The number of aryl methyl sites for hydroxylation is 2. The smallest absolute Gasteiger partial charge is 0.125 e. The molecule has 22 heavy (non-hydrogen) atoms. The van der Waals surface area contributed by atoms with Crippen molar-refractivity contribution in [1.29, 1.82) is 0 Å². The first kappa shape index (κ1) is 14.0. The summed E-state index contributed by atoms with van der Waals surface area (Å²) in [5.74, 6) is 1.76. The van der Waals surface area contributed by atoms with Gasteiger partial charge in [0.25, 0.3) is 0 Å². The van der Waals surface area contributed by atoms with Gasteiger partial charge in [0.15, 0.2) is 0 Å². The van der Waals surface area contributed by atoms with Crippen molar-refractivity contribution < 1.29 is 5.11 Å². The molecule has 0 spiro atoms. The molecule has 2 aliphatic carbocycles. The lowest BCUT2D eigenvalue weighted by atomic mass is 9.82. The summed E-state index contributed by atoms with van der Waals surface area (Å²) < 4.78 is 4.00. The Morgan fingerprint density at radius 2 is 2.23 bits per heavy atom. The first-order valence-electron chi connectivity index (χ1n) is 8.05. The number of aliphatic hydroxyl groups excluding tert-OH is 1. The van der Waals surface area contributed by atoms with Crippen molar-refractivity contribution in [3.8, 4) is 0 Å². The Bertz CT molecular complexity index is 659. The van der Waals surface area contributed by atoms with Gasteiger partial charge in [-0.1, -0.05) is 0 Å². The van der Waals surface area contributed by atoms with Crippen LogP contribution in [0.2, 0.25) is 0 Å². The zero-order chi connectivity index (χ0) is 15.3. The summed E-state index contributed by atoms with van der Waals surface area (Å²) in [6, 6.07) is 0.545. The van der Waals surface area contributed by atoms with E-state index < -0.39 is 0 Å². The molecule has 118 valence electrons. The lowest BCUT2D eigenvalue weighted by molar-refractivity contribution is -0.0133. The van der Waals surface area contributed by atoms with E-state index in [0.717, 1.165) is 17.8 Å². The lowest BCUT2D eigenvalue weighted by Gasteiger charge is -2.43. The van der Waals surface area contributed by atoms with E-state index >= 15 is 0 Å². The summed E-state index contributed by atoms with van der Waals surface area (Å²) >= 11 is 0. The van der Waals surface area contributed by atoms with Crippen molar-refractivity contribution in [3.05, 3.63) is 36.2 Å². The lowest BCUT2D eigenvalue weighted by Crippen LogP contribution is -2.55. The highest BCUT2D eigenvalue weighted by atomic mass is 16.3. The van der Waals surface area contributed by atoms with E-state index in [-0.39, 0.29) is 24.2 Å². The van der Waals surface area contributed by atoms with Crippen molar-refractivity contribution in [2.45, 2.75) is 50.4 Å². The Balaban J connectivity index is 1.53. The van der Waals surface area contributed by atoms with Crippen LogP contribution in [0.5, 0.6) is 0 Å². The summed E-state index contributed by atoms with van der Waals surface area (Å²) in [7, 11) is 2.04. The molecule has 2 heterocycles.